The Morgan fingerprint density at radius 1 is 1.04 bits per heavy atom. The summed E-state index contributed by atoms with van der Waals surface area (Å²) in [4.78, 5) is 34.4. The van der Waals surface area contributed by atoms with Gasteiger partial charge in [0.1, 0.15) is 6.04 Å². The van der Waals surface area contributed by atoms with E-state index in [1.165, 1.54) is 0 Å². The zero-order valence-corrected chi connectivity index (χ0v) is 14.6. The van der Waals surface area contributed by atoms with Crippen LogP contribution >= 0.6 is 0 Å². The van der Waals surface area contributed by atoms with E-state index < -0.39 is 65.6 Å². The molecule has 0 radical (unpaired) electrons. The van der Waals surface area contributed by atoms with Crippen LogP contribution in [0.2, 0.25) is 0 Å². The van der Waals surface area contributed by atoms with Gasteiger partial charge in [-0.1, -0.05) is 0 Å². The first kappa shape index (κ1) is 24.2. The van der Waals surface area contributed by atoms with Crippen LogP contribution in [0, 0.1) is 0 Å². The third kappa shape index (κ3) is 11.7. The average Bonchev–Trinajstić information content (AvgIpc) is 2.49. The molecular formula is C12H23N3O10S. The second-order valence-electron chi connectivity index (χ2n) is 5.29. The lowest BCUT2D eigenvalue weighted by Gasteiger charge is -2.27. The predicted octanol–water partition coefficient (Wildman–Crippen LogP) is -4.23. The maximum Gasteiger partial charge on any atom is 0.317 e. The standard InChI is InChI=1S/C12H23N3O10S/c16-6-8(17)3-13-1-2-14-12(22)9(7-26(23,24)25)15(4-10(18)19)5-11(20)21/h8-9,13,16-17H,1-7H2,(H,14,22)(H,18,19)(H,20,21)(H,23,24,25). The molecule has 0 aliphatic carbocycles. The molecule has 0 bridgehead atoms. The summed E-state index contributed by atoms with van der Waals surface area (Å²) in [5.41, 5.74) is 0. The number of aliphatic hydroxyl groups excluding tert-OH is 2. The molecule has 14 heteroatoms. The van der Waals surface area contributed by atoms with Crippen molar-refractivity contribution in [3.05, 3.63) is 0 Å². The van der Waals surface area contributed by atoms with Gasteiger partial charge in [-0.3, -0.25) is 23.8 Å². The van der Waals surface area contributed by atoms with E-state index in [1.807, 2.05) is 0 Å². The number of carbonyl (C=O) groups is 3. The van der Waals surface area contributed by atoms with Crippen molar-refractivity contribution < 1.29 is 47.8 Å². The first-order valence-corrected chi connectivity index (χ1v) is 8.97. The van der Waals surface area contributed by atoms with Crippen LogP contribution in [-0.4, -0.2) is 113 Å². The molecule has 0 saturated carbocycles. The maximum atomic E-state index is 12.1. The van der Waals surface area contributed by atoms with Gasteiger partial charge in [-0.15, -0.1) is 0 Å². The minimum Gasteiger partial charge on any atom is -0.480 e. The van der Waals surface area contributed by atoms with Crippen LogP contribution in [0.25, 0.3) is 0 Å². The van der Waals surface area contributed by atoms with E-state index in [4.69, 9.17) is 25.0 Å². The third-order valence-corrected chi connectivity index (χ3v) is 3.72. The first-order valence-electron chi connectivity index (χ1n) is 7.36. The molecule has 152 valence electrons. The Balaban J connectivity index is 4.94. The largest absolute Gasteiger partial charge is 0.480 e. The highest BCUT2D eigenvalue weighted by Gasteiger charge is 2.32. The molecule has 0 fully saturated rings. The van der Waals surface area contributed by atoms with E-state index in [1.54, 1.807) is 0 Å². The number of carboxylic acid groups (broad SMARTS) is 2. The minimum atomic E-state index is -4.70. The maximum absolute atomic E-state index is 12.1. The summed E-state index contributed by atoms with van der Waals surface area (Å²) in [5.74, 6) is -5.15. The molecule has 2 unspecified atom stereocenters. The fourth-order valence-electron chi connectivity index (χ4n) is 1.90. The van der Waals surface area contributed by atoms with Crippen LogP contribution < -0.4 is 10.6 Å². The molecule has 1 amide bonds. The van der Waals surface area contributed by atoms with E-state index >= 15 is 0 Å². The summed E-state index contributed by atoms with van der Waals surface area (Å²) < 4.78 is 31.2. The first-order chi connectivity index (χ1) is 12.0. The van der Waals surface area contributed by atoms with Gasteiger partial charge in [0.15, 0.2) is 0 Å². The molecule has 0 aliphatic heterocycles. The summed E-state index contributed by atoms with van der Waals surface area (Å²) in [6.07, 6.45) is -1.00. The van der Waals surface area contributed by atoms with Crippen molar-refractivity contribution in [3.63, 3.8) is 0 Å². The number of aliphatic carboxylic acids is 2. The Morgan fingerprint density at radius 3 is 2.00 bits per heavy atom. The highest BCUT2D eigenvalue weighted by atomic mass is 32.2. The molecule has 2 atom stereocenters. The lowest BCUT2D eigenvalue weighted by molar-refractivity contribution is -0.143. The molecule has 13 nitrogen and oxygen atoms in total. The molecule has 0 aromatic rings. The number of nitrogens with zero attached hydrogens (tertiary/aromatic N) is 1. The van der Waals surface area contributed by atoms with E-state index in [9.17, 15) is 22.8 Å². The lowest BCUT2D eigenvalue weighted by Crippen LogP contribution is -2.54. The van der Waals surface area contributed by atoms with Gasteiger partial charge in [0.05, 0.1) is 31.6 Å². The molecule has 0 aromatic carbocycles. The number of hydrogen-bond donors (Lipinski definition) is 7. The van der Waals surface area contributed by atoms with Crippen molar-refractivity contribution in [1.82, 2.24) is 15.5 Å². The quantitative estimate of drug-likeness (QED) is 0.109. The van der Waals surface area contributed by atoms with Crippen LogP contribution in [0.3, 0.4) is 0 Å². The Bertz CT molecular complexity index is 566. The van der Waals surface area contributed by atoms with Gasteiger partial charge in [-0.25, -0.2) is 0 Å². The number of amides is 1. The van der Waals surface area contributed by atoms with E-state index in [-0.39, 0.29) is 19.6 Å². The molecule has 7 N–H and O–H groups in total. The second kappa shape index (κ2) is 11.7. The smallest absolute Gasteiger partial charge is 0.317 e. The SMILES string of the molecule is O=C(O)CN(CC(=O)O)C(CS(=O)(=O)O)C(=O)NCCNCC(O)CO. The molecule has 0 rings (SSSR count). The van der Waals surface area contributed by atoms with Crippen molar-refractivity contribution >= 4 is 28.0 Å². The fourth-order valence-corrected chi connectivity index (χ4v) is 2.66. The number of rotatable bonds is 14. The molecule has 0 spiro atoms. The summed E-state index contributed by atoms with van der Waals surface area (Å²) >= 11 is 0. The number of nitrogens with one attached hydrogen (secondary N) is 2. The van der Waals surface area contributed by atoms with Crippen LogP contribution in [0.5, 0.6) is 0 Å². The molecule has 0 aliphatic rings. The zero-order chi connectivity index (χ0) is 20.3. The van der Waals surface area contributed by atoms with Gasteiger partial charge in [-0.05, 0) is 0 Å². The average molecular weight is 401 g/mol. The van der Waals surface area contributed by atoms with E-state index in [0.29, 0.717) is 4.90 Å². The Morgan fingerprint density at radius 2 is 1.58 bits per heavy atom. The van der Waals surface area contributed by atoms with Crippen LogP contribution in [-0.2, 0) is 24.5 Å². The number of aliphatic hydroxyl groups is 2. The van der Waals surface area contributed by atoms with Crippen molar-refractivity contribution in [2.45, 2.75) is 12.1 Å². The summed E-state index contributed by atoms with van der Waals surface area (Å²) in [6.45, 7) is -2.23. The second-order valence-corrected chi connectivity index (χ2v) is 6.79. The molecule has 26 heavy (non-hydrogen) atoms. The topological polar surface area (TPSA) is 214 Å². The normalized spacial score (nSPS) is 14.0. The highest BCUT2D eigenvalue weighted by molar-refractivity contribution is 7.85. The molecule has 0 saturated heterocycles. The Kier molecular flexibility index (Phi) is 10.9. The van der Waals surface area contributed by atoms with E-state index in [0.717, 1.165) is 0 Å². The van der Waals surface area contributed by atoms with E-state index in [2.05, 4.69) is 10.6 Å². The van der Waals surface area contributed by atoms with Crippen LogP contribution in [0.4, 0.5) is 0 Å². The van der Waals surface area contributed by atoms with Gasteiger partial charge < -0.3 is 31.1 Å². The van der Waals surface area contributed by atoms with Gasteiger partial charge >= 0.3 is 11.9 Å². The zero-order valence-electron chi connectivity index (χ0n) is 13.7. The minimum absolute atomic E-state index is 0.0327. The van der Waals surface area contributed by atoms with Gasteiger partial charge in [-0.2, -0.15) is 8.42 Å². The lowest BCUT2D eigenvalue weighted by atomic mass is 10.2. The number of carboxylic acids is 2. The molecule has 0 aromatic heterocycles. The van der Waals surface area contributed by atoms with Gasteiger partial charge in [0.25, 0.3) is 10.1 Å². The van der Waals surface area contributed by atoms with Gasteiger partial charge in [0.2, 0.25) is 5.91 Å². The highest BCUT2D eigenvalue weighted by Crippen LogP contribution is 2.04. The van der Waals surface area contributed by atoms with Crippen LogP contribution in [0.1, 0.15) is 0 Å². The number of hydrogen-bond acceptors (Lipinski definition) is 9. The Hall–Kier alpha value is -1.84. The third-order valence-electron chi connectivity index (χ3n) is 2.98. The molecular weight excluding hydrogens is 378 g/mol. The summed E-state index contributed by atoms with van der Waals surface area (Å²) in [7, 11) is -4.70. The van der Waals surface area contributed by atoms with Crippen molar-refractivity contribution in [3.8, 4) is 0 Å². The molecule has 0 heterocycles. The summed E-state index contributed by atoms with van der Waals surface area (Å²) in [5, 5.41) is 40.3. The monoisotopic (exact) mass is 401 g/mol. The van der Waals surface area contributed by atoms with Crippen LogP contribution in [0.15, 0.2) is 0 Å². The predicted molar refractivity (Wildman–Crippen MR) is 86.0 cm³/mol. The Labute approximate surface area is 149 Å². The number of carbonyl (C=O) groups excluding carboxylic acids is 1. The van der Waals surface area contributed by atoms with Crippen molar-refractivity contribution in [1.29, 1.82) is 0 Å². The van der Waals surface area contributed by atoms with Crippen molar-refractivity contribution in [2.24, 2.45) is 0 Å². The van der Waals surface area contributed by atoms with Gasteiger partial charge in [0, 0.05) is 19.6 Å². The van der Waals surface area contributed by atoms with Crippen molar-refractivity contribution in [2.75, 3.05) is 45.1 Å². The fraction of sp³-hybridized carbons (Fsp3) is 0.750. The summed E-state index contributed by atoms with van der Waals surface area (Å²) in [6, 6.07) is -1.74.